The molecule has 134 valence electrons. The fourth-order valence-corrected chi connectivity index (χ4v) is 3.38. The normalized spacial score (nSPS) is 20.7. The van der Waals surface area contributed by atoms with Crippen LogP contribution in [-0.2, 0) is 13.1 Å². The maximum atomic E-state index is 10.0. The van der Waals surface area contributed by atoms with Crippen molar-refractivity contribution in [2.75, 3.05) is 20.2 Å². The van der Waals surface area contributed by atoms with Crippen LogP contribution in [0.15, 0.2) is 48.5 Å². The Hall–Kier alpha value is -2.08. The standard InChI is InChI=1S/C20H26N2O3/c1-25-19-8-7-16(20(24)10-19)11-21-12-17-9-18(23)14-22(17)13-15-5-3-2-4-6-15/h2-8,10,17-18,21,23-24H,9,11-14H2,1H3. The fraction of sp³-hybridized carbons (Fsp3) is 0.400. The zero-order chi connectivity index (χ0) is 17.6. The number of aromatic hydroxyl groups is 1. The molecule has 2 atom stereocenters. The van der Waals surface area contributed by atoms with Crippen LogP contribution in [0.25, 0.3) is 0 Å². The third-order valence-corrected chi connectivity index (χ3v) is 4.72. The lowest BCUT2D eigenvalue weighted by molar-refractivity contribution is 0.172. The van der Waals surface area contributed by atoms with E-state index in [1.165, 1.54) is 5.56 Å². The zero-order valence-corrected chi connectivity index (χ0v) is 14.6. The van der Waals surface area contributed by atoms with Crippen molar-refractivity contribution in [3.63, 3.8) is 0 Å². The topological polar surface area (TPSA) is 65.0 Å². The van der Waals surface area contributed by atoms with Gasteiger partial charge in [0, 0.05) is 43.9 Å². The van der Waals surface area contributed by atoms with E-state index < -0.39 is 0 Å². The van der Waals surface area contributed by atoms with Crippen LogP contribution in [0.1, 0.15) is 17.5 Å². The van der Waals surface area contributed by atoms with Crippen LogP contribution in [0, 0.1) is 0 Å². The van der Waals surface area contributed by atoms with Crippen molar-refractivity contribution < 1.29 is 14.9 Å². The minimum absolute atomic E-state index is 0.236. The SMILES string of the molecule is COc1ccc(CNCC2CC(O)CN2Cc2ccccc2)c(O)c1. The van der Waals surface area contributed by atoms with E-state index in [9.17, 15) is 10.2 Å². The van der Waals surface area contributed by atoms with Gasteiger partial charge < -0.3 is 20.3 Å². The van der Waals surface area contributed by atoms with Crippen molar-refractivity contribution in [2.45, 2.75) is 31.7 Å². The highest BCUT2D eigenvalue weighted by atomic mass is 16.5. The monoisotopic (exact) mass is 342 g/mol. The lowest BCUT2D eigenvalue weighted by Gasteiger charge is -2.24. The number of ether oxygens (including phenoxy) is 1. The summed E-state index contributed by atoms with van der Waals surface area (Å²) >= 11 is 0. The first-order valence-corrected chi connectivity index (χ1v) is 8.68. The van der Waals surface area contributed by atoms with Crippen molar-refractivity contribution in [3.8, 4) is 11.5 Å². The molecule has 1 saturated heterocycles. The number of aliphatic hydroxyl groups excluding tert-OH is 1. The van der Waals surface area contributed by atoms with Crippen LogP contribution >= 0.6 is 0 Å². The lowest BCUT2D eigenvalue weighted by Crippen LogP contribution is -2.37. The van der Waals surface area contributed by atoms with Crippen LogP contribution in [0.3, 0.4) is 0 Å². The Morgan fingerprint density at radius 2 is 2.00 bits per heavy atom. The molecule has 0 aliphatic carbocycles. The molecule has 1 heterocycles. The van der Waals surface area contributed by atoms with Crippen LogP contribution in [0.5, 0.6) is 11.5 Å². The highest BCUT2D eigenvalue weighted by Crippen LogP contribution is 2.24. The second-order valence-electron chi connectivity index (χ2n) is 6.58. The second kappa shape index (κ2) is 8.34. The Labute approximate surface area is 148 Å². The van der Waals surface area contributed by atoms with Gasteiger partial charge in [0.15, 0.2) is 0 Å². The largest absolute Gasteiger partial charge is 0.507 e. The molecule has 2 unspecified atom stereocenters. The number of nitrogens with zero attached hydrogens (tertiary/aromatic N) is 1. The lowest BCUT2D eigenvalue weighted by atomic mass is 10.1. The Morgan fingerprint density at radius 1 is 1.20 bits per heavy atom. The number of methoxy groups -OCH3 is 1. The number of aliphatic hydroxyl groups is 1. The van der Waals surface area contributed by atoms with Crippen molar-refractivity contribution in [1.29, 1.82) is 0 Å². The molecule has 0 amide bonds. The number of hydrogen-bond donors (Lipinski definition) is 3. The van der Waals surface area contributed by atoms with Crippen molar-refractivity contribution in [1.82, 2.24) is 10.2 Å². The van der Waals surface area contributed by atoms with Crippen LogP contribution in [0.2, 0.25) is 0 Å². The number of rotatable bonds is 7. The van der Waals surface area contributed by atoms with Gasteiger partial charge in [-0.3, -0.25) is 4.90 Å². The number of phenols is 1. The number of likely N-dealkylation sites (tertiary alicyclic amines) is 1. The van der Waals surface area contributed by atoms with Gasteiger partial charge in [0.2, 0.25) is 0 Å². The smallest absolute Gasteiger partial charge is 0.123 e. The number of hydrogen-bond acceptors (Lipinski definition) is 5. The van der Waals surface area contributed by atoms with Crippen molar-refractivity contribution in [3.05, 3.63) is 59.7 Å². The van der Waals surface area contributed by atoms with E-state index in [0.29, 0.717) is 18.8 Å². The second-order valence-corrected chi connectivity index (χ2v) is 6.58. The van der Waals surface area contributed by atoms with Gasteiger partial charge in [0.05, 0.1) is 13.2 Å². The summed E-state index contributed by atoms with van der Waals surface area (Å²) in [5.74, 6) is 0.883. The van der Waals surface area contributed by atoms with Gasteiger partial charge in [0.25, 0.3) is 0 Å². The predicted molar refractivity (Wildman–Crippen MR) is 97.6 cm³/mol. The van der Waals surface area contributed by atoms with Crippen LogP contribution < -0.4 is 10.1 Å². The summed E-state index contributed by atoms with van der Waals surface area (Å²) in [7, 11) is 1.58. The minimum Gasteiger partial charge on any atom is -0.507 e. The van der Waals surface area contributed by atoms with E-state index in [0.717, 1.165) is 25.1 Å². The van der Waals surface area contributed by atoms with E-state index in [-0.39, 0.29) is 17.9 Å². The highest BCUT2D eigenvalue weighted by Gasteiger charge is 2.30. The number of benzene rings is 2. The molecular formula is C20H26N2O3. The molecule has 0 saturated carbocycles. The maximum Gasteiger partial charge on any atom is 0.123 e. The maximum absolute atomic E-state index is 10.0. The van der Waals surface area contributed by atoms with Crippen LogP contribution in [-0.4, -0.2) is 47.5 Å². The first kappa shape index (κ1) is 17.7. The number of nitrogens with one attached hydrogen (secondary N) is 1. The summed E-state index contributed by atoms with van der Waals surface area (Å²) in [6.07, 6.45) is 0.499. The first-order chi connectivity index (χ1) is 12.2. The molecule has 0 radical (unpaired) electrons. The highest BCUT2D eigenvalue weighted by molar-refractivity contribution is 5.39. The molecule has 25 heavy (non-hydrogen) atoms. The van der Waals surface area contributed by atoms with Crippen molar-refractivity contribution in [2.24, 2.45) is 0 Å². The predicted octanol–water partition coefficient (Wildman–Crippen LogP) is 2.13. The molecule has 0 spiro atoms. The summed E-state index contributed by atoms with van der Waals surface area (Å²) in [5.41, 5.74) is 2.10. The van der Waals surface area contributed by atoms with E-state index in [2.05, 4.69) is 22.3 Å². The molecule has 0 bridgehead atoms. The van der Waals surface area contributed by atoms with E-state index in [1.54, 1.807) is 13.2 Å². The molecule has 2 aromatic rings. The first-order valence-electron chi connectivity index (χ1n) is 8.68. The fourth-order valence-electron chi connectivity index (χ4n) is 3.38. The Kier molecular flexibility index (Phi) is 5.91. The third-order valence-electron chi connectivity index (χ3n) is 4.72. The molecule has 2 aromatic carbocycles. The molecule has 3 N–H and O–H groups in total. The van der Waals surface area contributed by atoms with Gasteiger partial charge in [-0.15, -0.1) is 0 Å². The molecule has 1 fully saturated rings. The van der Waals surface area contributed by atoms with Gasteiger partial charge in [-0.05, 0) is 18.1 Å². The van der Waals surface area contributed by atoms with E-state index in [4.69, 9.17) is 4.74 Å². The molecule has 1 aliphatic heterocycles. The Bertz CT molecular complexity index is 678. The summed E-state index contributed by atoms with van der Waals surface area (Å²) in [4.78, 5) is 2.32. The summed E-state index contributed by atoms with van der Waals surface area (Å²) in [6.45, 7) is 2.91. The van der Waals surface area contributed by atoms with Gasteiger partial charge in [-0.25, -0.2) is 0 Å². The molecular weight excluding hydrogens is 316 g/mol. The van der Waals surface area contributed by atoms with Crippen molar-refractivity contribution >= 4 is 0 Å². The molecule has 5 heteroatoms. The quantitative estimate of drug-likeness (QED) is 0.719. The minimum atomic E-state index is -0.273. The zero-order valence-electron chi connectivity index (χ0n) is 14.6. The number of phenolic OH excluding ortho intramolecular Hbond substituents is 1. The molecule has 1 aliphatic rings. The molecule has 3 rings (SSSR count). The van der Waals surface area contributed by atoms with E-state index >= 15 is 0 Å². The van der Waals surface area contributed by atoms with Gasteiger partial charge >= 0.3 is 0 Å². The van der Waals surface area contributed by atoms with E-state index in [1.807, 2.05) is 30.3 Å². The number of β-amino-alcohol motifs (C(OH)–C–C–N with tert-alkyl or cyclic N) is 1. The van der Waals surface area contributed by atoms with Crippen LogP contribution in [0.4, 0.5) is 0 Å². The van der Waals surface area contributed by atoms with Gasteiger partial charge in [-0.2, -0.15) is 0 Å². The summed E-state index contributed by atoms with van der Waals surface area (Å²) in [5, 5.41) is 23.5. The third kappa shape index (κ3) is 4.72. The molecule has 5 nitrogen and oxygen atoms in total. The average Bonchev–Trinajstić information content (AvgIpc) is 2.96. The Balaban J connectivity index is 1.54. The summed E-state index contributed by atoms with van der Waals surface area (Å²) in [6, 6.07) is 16.0. The summed E-state index contributed by atoms with van der Waals surface area (Å²) < 4.78 is 5.10. The van der Waals surface area contributed by atoms with Gasteiger partial charge in [-0.1, -0.05) is 36.4 Å². The Morgan fingerprint density at radius 3 is 2.72 bits per heavy atom. The average molecular weight is 342 g/mol. The van der Waals surface area contributed by atoms with Gasteiger partial charge in [0.1, 0.15) is 11.5 Å². The molecule has 0 aromatic heterocycles.